The van der Waals surface area contributed by atoms with Crippen LogP contribution >= 0.6 is 0 Å². The van der Waals surface area contributed by atoms with Crippen LogP contribution in [0.4, 0.5) is 0 Å². The second-order valence-electron chi connectivity index (χ2n) is 10.3. The van der Waals surface area contributed by atoms with E-state index in [-0.39, 0.29) is 6.04 Å². The van der Waals surface area contributed by atoms with Crippen LogP contribution < -0.4 is 5.32 Å². The summed E-state index contributed by atoms with van der Waals surface area (Å²) in [5, 5.41) is 3.73. The Morgan fingerprint density at radius 1 is 1.03 bits per heavy atom. The number of rotatable bonds is 10. The third kappa shape index (κ3) is 5.21. The number of ether oxygens (including phenoxy) is 1. The van der Waals surface area contributed by atoms with E-state index >= 15 is 0 Å². The molecule has 6 nitrogen and oxygen atoms in total. The van der Waals surface area contributed by atoms with Crippen molar-refractivity contribution in [3.63, 3.8) is 0 Å². The summed E-state index contributed by atoms with van der Waals surface area (Å²) >= 11 is 0. The minimum absolute atomic E-state index is 0.269. The van der Waals surface area contributed by atoms with E-state index in [4.69, 9.17) is 14.7 Å². The quantitative estimate of drug-likeness (QED) is 0.316. The highest BCUT2D eigenvalue weighted by Crippen LogP contribution is 2.35. The van der Waals surface area contributed by atoms with Gasteiger partial charge in [0.05, 0.1) is 35.9 Å². The fourth-order valence-corrected chi connectivity index (χ4v) is 5.50. The Morgan fingerprint density at radius 3 is 2.81 bits per heavy atom. The lowest BCUT2D eigenvalue weighted by Crippen LogP contribution is -2.32. The lowest BCUT2D eigenvalue weighted by molar-refractivity contribution is 0.153. The summed E-state index contributed by atoms with van der Waals surface area (Å²) < 4.78 is 5.43. The van der Waals surface area contributed by atoms with Crippen LogP contribution in [0.25, 0.3) is 11.0 Å². The Morgan fingerprint density at radius 2 is 1.94 bits per heavy atom. The van der Waals surface area contributed by atoms with Gasteiger partial charge in [-0.25, -0.2) is 4.98 Å². The third-order valence-electron chi connectivity index (χ3n) is 7.51. The van der Waals surface area contributed by atoms with E-state index in [0.29, 0.717) is 12.6 Å². The summed E-state index contributed by atoms with van der Waals surface area (Å²) in [6, 6.07) is 20.4. The Hall–Kier alpha value is -3.06. The Balaban J connectivity index is 1.34. The molecular formula is C30H35N5O. The van der Waals surface area contributed by atoms with Gasteiger partial charge in [-0.2, -0.15) is 0 Å². The van der Waals surface area contributed by atoms with Crippen LogP contribution in [0, 0.1) is 0 Å². The number of pyridine rings is 1. The van der Waals surface area contributed by atoms with Crippen molar-refractivity contribution in [3.05, 3.63) is 94.6 Å². The first-order chi connectivity index (χ1) is 17.8. The van der Waals surface area contributed by atoms with Gasteiger partial charge in [-0.3, -0.25) is 9.88 Å². The van der Waals surface area contributed by atoms with E-state index in [9.17, 15) is 0 Å². The molecule has 2 aromatic heterocycles. The highest BCUT2D eigenvalue weighted by Gasteiger charge is 2.29. The van der Waals surface area contributed by atoms with Crippen LogP contribution in [0.3, 0.4) is 0 Å². The normalized spacial score (nSPS) is 17.6. The Labute approximate surface area is 213 Å². The van der Waals surface area contributed by atoms with Gasteiger partial charge in [0.2, 0.25) is 0 Å². The molecule has 6 heteroatoms. The number of aromatic nitrogens is 3. The molecule has 0 saturated heterocycles. The standard InChI is InChI=1S/C30H35N5O/c1-36-20-21-11-12-23(24(16-21)17-32-25-13-14-25)18-35(19-29-33-26-8-2-3-9-27(26)34-29)28-10-4-6-22-7-5-15-31-30(22)28/h2-3,5,7-9,11-12,15-16,25,28,32H,4,6,10,13-14,17-20H2,1H3,(H,33,34). The van der Waals surface area contributed by atoms with Gasteiger partial charge in [-0.15, -0.1) is 0 Å². The number of aryl methyl sites for hydroxylation is 1. The molecule has 1 unspecified atom stereocenters. The van der Waals surface area contributed by atoms with Crippen LogP contribution in [-0.2, 0) is 37.4 Å². The van der Waals surface area contributed by atoms with Gasteiger partial charge in [0, 0.05) is 32.4 Å². The first kappa shape index (κ1) is 23.3. The van der Waals surface area contributed by atoms with Gasteiger partial charge in [-0.1, -0.05) is 36.4 Å². The number of benzene rings is 2. The van der Waals surface area contributed by atoms with Crippen molar-refractivity contribution in [2.75, 3.05) is 7.11 Å². The second kappa shape index (κ2) is 10.5. The van der Waals surface area contributed by atoms with Gasteiger partial charge in [0.25, 0.3) is 0 Å². The minimum atomic E-state index is 0.269. The van der Waals surface area contributed by atoms with Gasteiger partial charge in [0.15, 0.2) is 0 Å². The van der Waals surface area contributed by atoms with Crippen molar-refractivity contribution in [2.45, 2.75) is 70.4 Å². The monoisotopic (exact) mass is 481 g/mol. The lowest BCUT2D eigenvalue weighted by atomic mass is 9.90. The van der Waals surface area contributed by atoms with Crippen LogP contribution in [0.1, 0.15) is 65.5 Å². The number of H-pyrrole nitrogens is 1. The molecule has 0 aliphatic heterocycles. The average molecular weight is 482 g/mol. The summed E-state index contributed by atoms with van der Waals surface area (Å²) in [5.74, 6) is 1.01. The smallest absolute Gasteiger partial charge is 0.121 e. The molecule has 2 aromatic carbocycles. The predicted octanol–water partition coefficient (Wildman–Crippen LogP) is 5.44. The molecule has 4 aromatic rings. The molecule has 2 heterocycles. The average Bonchev–Trinajstić information content (AvgIpc) is 3.65. The highest BCUT2D eigenvalue weighted by molar-refractivity contribution is 5.74. The van der Waals surface area contributed by atoms with E-state index in [2.05, 4.69) is 63.7 Å². The number of nitrogens with one attached hydrogen (secondary N) is 2. The topological polar surface area (TPSA) is 66.1 Å². The fraction of sp³-hybridized carbons (Fsp3) is 0.400. The predicted molar refractivity (Wildman–Crippen MR) is 142 cm³/mol. The summed E-state index contributed by atoms with van der Waals surface area (Å²) in [4.78, 5) is 15.9. The van der Waals surface area contributed by atoms with Crippen LogP contribution in [0.15, 0.2) is 60.8 Å². The van der Waals surface area contributed by atoms with E-state index < -0.39 is 0 Å². The van der Waals surface area contributed by atoms with E-state index in [1.807, 2.05) is 12.3 Å². The zero-order chi connectivity index (χ0) is 24.3. The molecule has 1 fully saturated rings. The van der Waals surface area contributed by atoms with Crippen LogP contribution in [0.2, 0.25) is 0 Å². The van der Waals surface area contributed by atoms with Crippen molar-refractivity contribution < 1.29 is 4.74 Å². The lowest BCUT2D eigenvalue weighted by Gasteiger charge is -2.35. The number of imidazole rings is 1. The van der Waals surface area contributed by atoms with Crippen molar-refractivity contribution >= 4 is 11.0 Å². The summed E-state index contributed by atoms with van der Waals surface area (Å²) in [5.41, 5.74) is 8.68. The van der Waals surface area contributed by atoms with Crippen molar-refractivity contribution in [2.24, 2.45) is 0 Å². The maximum absolute atomic E-state index is 5.43. The minimum Gasteiger partial charge on any atom is -0.380 e. The zero-order valence-electron chi connectivity index (χ0n) is 21.0. The summed E-state index contributed by atoms with van der Waals surface area (Å²) in [6.07, 6.45) is 7.93. The molecule has 1 atom stereocenters. The number of methoxy groups -OCH3 is 1. The number of para-hydroxylation sites is 2. The molecular weight excluding hydrogens is 446 g/mol. The summed E-state index contributed by atoms with van der Waals surface area (Å²) in [7, 11) is 1.76. The van der Waals surface area contributed by atoms with Gasteiger partial charge < -0.3 is 15.0 Å². The van der Waals surface area contributed by atoms with Gasteiger partial charge >= 0.3 is 0 Å². The number of hydrogen-bond acceptors (Lipinski definition) is 5. The molecule has 0 bridgehead atoms. The van der Waals surface area contributed by atoms with E-state index in [0.717, 1.165) is 49.3 Å². The molecule has 2 N–H and O–H groups in total. The first-order valence-electron chi connectivity index (χ1n) is 13.2. The maximum atomic E-state index is 5.43. The molecule has 2 aliphatic rings. The molecule has 1 saturated carbocycles. The molecule has 0 radical (unpaired) electrons. The fourth-order valence-electron chi connectivity index (χ4n) is 5.50. The van der Waals surface area contributed by atoms with Crippen LogP contribution in [0.5, 0.6) is 0 Å². The number of fused-ring (bicyclic) bond motifs is 2. The molecule has 0 spiro atoms. The molecule has 2 aliphatic carbocycles. The SMILES string of the molecule is COCc1ccc(CN(Cc2nc3ccccc3[nH]2)C2CCCc3cccnc32)c(CNC2CC2)c1. The molecule has 6 rings (SSSR count). The van der Waals surface area contributed by atoms with E-state index in [1.54, 1.807) is 7.11 Å². The third-order valence-corrected chi connectivity index (χ3v) is 7.51. The van der Waals surface area contributed by atoms with Gasteiger partial charge in [-0.05, 0) is 72.6 Å². The Bertz CT molecular complexity index is 1290. The molecule has 186 valence electrons. The number of aromatic amines is 1. The number of nitrogens with zero attached hydrogens (tertiary/aromatic N) is 3. The summed E-state index contributed by atoms with van der Waals surface area (Å²) in [6.45, 7) is 3.15. The Kier molecular flexibility index (Phi) is 6.81. The van der Waals surface area contributed by atoms with Crippen molar-refractivity contribution in [3.8, 4) is 0 Å². The highest BCUT2D eigenvalue weighted by atomic mass is 16.5. The molecule has 0 amide bonds. The number of hydrogen-bond donors (Lipinski definition) is 2. The van der Waals surface area contributed by atoms with E-state index in [1.165, 1.54) is 47.2 Å². The van der Waals surface area contributed by atoms with Crippen molar-refractivity contribution in [1.82, 2.24) is 25.2 Å². The molecule has 36 heavy (non-hydrogen) atoms. The van der Waals surface area contributed by atoms with Crippen LogP contribution in [-0.4, -0.2) is 33.0 Å². The maximum Gasteiger partial charge on any atom is 0.121 e. The van der Waals surface area contributed by atoms with Crippen molar-refractivity contribution in [1.29, 1.82) is 0 Å². The second-order valence-corrected chi connectivity index (χ2v) is 10.3. The largest absolute Gasteiger partial charge is 0.380 e. The van der Waals surface area contributed by atoms with Gasteiger partial charge in [0.1, 0.15) is 5.82 Å². The first-order valence-corrected chi connectivity index (χ1v) is 13.2. The zero-order valence-corrected chi connectivity index (χ0v) is 21.0.